The van der Waals surface area contributed by atoms with Crippen LogP contribution in [0.2, 0.25) is 0 Å². The third-order valence-corrected chi connectivity index (χ3v) is 6.35. The average molecular weight is 309 g/mol. The van der Waals surface area contributed by atoms with E-state index < -0.39 is 14.6 Å². The summed E-state index contributed by atoms with van der Waals surface area (Å²) >= 11 is 4.09. The van der Waals surface area contributed by atoms with Crippen molar-refractivity contribution in [3.05, 3.63) is 0 Å². The molecular weight excluding hydrogens is 282 g/mol. The fourth-order valence-electron chi connectivity index (χ4n) is 2.06. The number of rotatable bonds is 9. The van der Waals surface area contributed by atoms with Gasteiger partial charge in [-0.3, -0.25) is 0 Å². The predicted molar refractivity (Wildman–Crippen MR) is 81.7 cm³/mol. The van der Waals surface area contributed by atoms with Gasteiger partial charge >= 0.3 is 0 Å². The first-order valence-electron chi connectivity index (χ1n) is 7.08. The van der Waals surface area contributed by atoms with Gasteiger partial charge in [0.25, 0.3) is 0 Å². The summed E-state index contributed by atoms with van der Waals surface area (Å²) in [6, 6.07) is -0.303. The van der Waals surface area contributed by atoms with E-state index in [9.17, 15) is 13.5 Å². The standard InChI is InChI=1S/C13H27NO3S2/c1-10(2)4-7-13(9-15)14(8-12-5-6-12)19(16,17)11(3)18/h10-13,15,18H,4-9H2,1-3H3/t11?,13-/m0/s1. The number of hydrogen-bond donors (Lipinski definition) is 2. The molecule has 1 unspecified atom stereocenters. The molecule has 6 heteroatoms. The van der Waals surface area contributed by atoms with Gasteiger partial charge in [-0.25, -0.2) is 8.42 Å². The van der Waals surface area contributed by atoms with E-state index in [0.717, 1.165) is 19.3 Å². The lowest BCUT2D eigenvalue weighted by Crippen LogP contribution is -2.46. The predicted octanol–water partition coefficient (Wildman–Crippen LogP) is 2.10. The van der Waals surface area contributed by atoms with Crippen molar-refractivity contribution < 1.29 is 13.5 Å². The quantitative estimate of drug-likeness (QED) is 0.641. The Kier molecular flexibility index (Phi) is 6.63. The van der Waals surface area contributed by atoms with E-state index in [1.165, 1.54) is 4.31 Å². The van der Waals surface area contributed by atoms with Gasteiger partial charge in [-0.15, -0.1) is 0 Å². The smallest absolute Gasteiger partial charge is 0.226 e. The molecule has 0 amide bonds. The maximum Gasteiger partial charge on any atom is 0.226 e. The molecule has 1 rings (SSSR count). The fourth-order valence-corrected chi connectivity index (χ4v) is 3.83. The lowest BCUT2D eigenvalue weighted by atomic mass is 10.0. The van der Waals surface area contributed by atoms with Crippen LogP contribution < -0.4 is 0 Å². The van der Waals surface area contributed by atoms with Gasteiger partial charge in [-0.05, 0) is 44.4 Å². The molecule has 1 fully saturated rings. The molecule has 1 aliphatic carbocycles. The van der Waals surface area contributed by atoms with Crippen LogP contribution in [0.15, 0.2) is 0 Å². The molecule has 0 aromatic carbocycles. The highest BCUT2D eigenvalue weighted by atomic mass is 32.3. The van der Waals surface area contributed by atoms with Crippen molar-refractivity contribution in [1.82, 2.24) is 4.31 Å². The van der Waals surface area contributed by atoms with Gasteiger partial charge in [0, 0.05) is 12.6 Å². The summed E-state index contributed by atoms with van der Waals surface area (Å²) in [5.74, 6) is 0.975. The van der Waals surface area contributed by atoms with Gasteiger partial charge in [-0.1, -0.05) is 13.8 Å². The Morgan fingerprint density at radius 1 is 1.26 bits per heavy atom. The molecule has 0 saturated heterocycles. The Morgan fingerprint density at radius 3 is 2.21 bits per heavy atom. The number of sulfonamides is 1. The lowest BCUT2D eigenvalue weighted by Gasteiger charge is -2.31. The molecule has 0 radical (unpaired) electrons. The number of aliphatic hydroxyl groups is 1. The summed E-state index contributed by atoms with van der Waals surface area (Å²) in [6.45, 7) is 6.22. The first-order valence-corrected chi connectivity index (χ1v) is 9.10. The van der Waals surface area contributed by atoms with Crippen molar-refractivity contribution in [3.63, 3.8) is 0 Å². The number of nitrogens with zero attached hydrogens (tertiary/aromatic N) is 1. The van der Waals surface area contributed by atoms with Crippen LogP contribution >= 0.6 is 12.6 Å². The van der Waals surface area contributed by atoms with E-state index in [-0.39, 0.29) is 12.6 Å². The minimum Gasteiger partial charge on any atom is -0.395 e. The van der Waals surface area contributed by atoms with Crippen molar-refractivity contribution in [1.29, 1.82) is 0 Å². The Morgan fingerprint density at radius 2 is 1.84 bits per heavy atom. The van der Waals surface area contributed by atoms with E-state index in [0.29, 0.717) is 24.8 Å². The number of hydrogen-bond acceptors (Lipinski definition) is 4. The van der Waals surface area contributed by atoms with Crippen LogP contribution in [0.5, 0.6) is 0 Å². The van der Waals surface area contributed by atoms with Crippen LogP contribution in [0, 0.1) is 11.8 Å². The first kappa shape index (κ1) is 17.3. The van der Waals surface area contributed by atoms with E-state index in [4.69, 9.17) is 0 Å². The second kappa shape index (κ2) is 7.29. The van der Waals surface area contributed by atoms with Crippen LogP contribution in [0.1, 0.15) is 46.5 Å². The van der Waals surface area contributed by atoms with Gasteiger partial charge in [0.05, 0.1) is 6.61 Å². The molecular formula is C13H27NO3S2. The van der Waals surface area contributed by atoms with Crippen molar-refractivity contribution in [2.24, 2.45) is 11.8 Å². The monoisotopic (exact) mass is 309 g/mol. The van der Waals surface area contributed by atoms with Crippen molar-refractivity contribution in [2.75, 3.05) is 13.2 Å². The highest BCUT2D eigenvalue weighted by Crippen LogP contribution is 2.33. The zero-order valence-corrected chi connectivity index (χ0v) is 13.8. The van der Waals surface area contributed by atoms with Crippen LogP contribution in [0.25, 0.3) is 0 Å². The van der Waals surface area contributed by atoms with Gasteiger partial charge in [-0.2, -0.15) is 16.9 Å². The van der Waals surface area contributed by atoms with Crippen LogP contribution in [-0.4, -0.2) is 41.6 Å². The molecule has 2 atom stereocenters. The summed E-state index contributed by atoms with van der Waals surface area (Å²) in [5, 5.41) is 9.56. The molecule has 0 aromatic rings. The molecule has 0 heterocycles. The molecule has 114 valence electrons. The SMILES string of the molecule is CC(C)CC[C@@H](CO)N(CC1CC1)S(=O)(=O)C(C)S. The van der Waals surface area contributed by atoms with E-state index in [2.05, 4.69) is 26.5 Å². The second-order valence-electron chi connectivity index (χ2n) is 5.96. The van der Waals surface area contributed by atoms with Crippen LogP contribution in [0.4, 0.5) is 0 Å². The molecule has 19 heavy (non-hydrogen) atoms. The van der Waals surface area contributed by atoms with Crippen molar-refractivity contribution in [2.45, 2.75) is 57.1 Å². The Labute approximate surface area is 123 Å². The third-order valence-electron chi connectivity index (χ3n) is 3.59. The van der Waals surface area contributed by atoms with Crippen molar-refractivity contribution in [3.8, 4) is 0 Å². The molecule has 0 bridgehead atoms. The maximum absolute atomic E-state index is 12.4. The van der Waals surface area contributed by atoms with E-state index in [1.807, 2.05) is 0 Å². The van der Waals surface area contributed by atoms with Gasteiger partial charge in [0.2, 0.25) is 10.0 Å². The summed E-state index contributed by atoms with van der Waals surface area (Å²) in [4.78, 5) is 0. The molecule has 1 aliphatic rings. The summed E-state index contributed by atoms with van der Waals surface area (Å²) in [6.07, 6.45) is 3.81. The topological polar surface area (TPSA) is 57.6 Å². The zero-order valence-electron chi connectivity index (χ0n) is 12.1. The molecule has 4 nitrogen and oxygen atoms in total. The Hall–Kier alpha value is 0.220. The average Bonchev–Trinajstić information content (AvgIpc) is 3.11. The first-order chi connectivity index (χ1) is 8.78. The number of thiol groups is 1. The normalized spacial score (nSPS) is 19.9. The highest BCUT2D eigenvalue weighted by molar-refractivity contribution is 8.03. The fraction of sp³-hybridized carbons (Fsp3) is 1.00. The minimum absolute atomic E-state index is 0.112. The molecule has 0 aliphatic heterocycles. The third kappa shape index (κ3) is 5.25. The van der Waals surface area contributed by atoms with Crippen LogP contribution in [-0.2, 0) is 10.0 Å². The van der Waals surface area contributed by atoms with Gasteiger partial charge in [0.1, 0.15) is 4.58 Å². The molecule has 1 saturated carbocycles. The minimum atomic E-state index is -3.42. The highest BCUT2D eigenvalue weighted by Gasteiger charge is 2.36. The Balaban J connectivity index is 2.80. The maximum atomic E-state index is 12.4. The molecule has 0 spiro atoms. The summed E-state index contributed by atoms with van der Waals surface area (Å²) < 4.78 is 25.5. The largest absolute Gasteiger partial charge is 0.395 e. The zero-order chi connectivity index (χ0) is 14.6. The van der Waals surface area contributed by atoms with E-state index >= 15 is 0 Å². The Bertz CT molecular complexity index is 364. The summed E-state index contributed by atoms with van der Waals surface area (Å²) in [7, 11) is -3.42. The molecule has 1 N–H and O–H groups in total. The second-order valence-corrected chi connectivity index (χ2v) is 9.29. The lowest BCUT2D eigenvalue weighted by molar-refractivity contribution is 0.170. The summed E-state index contributed by atoms with van der Waals surface area (Å²) in [5.41, 5.74) is 0. The van der Waals surface area contributed by atoms with Crippen molar-refractivity contribution >= 4 is 22.7 Å². The van der Waals surface area contributed by atoms with E-state index in [1.54, 1.807) is 6.92 Å². The molecule has 0 aromatic heterocycles. The van der Waals surface area contributed by atoms with Crippen LogP contribution in [0.3, 0.4) is 0 Å². The van der Waals surface area contributed by atoms with Gasteiger partial charge < -0.3 is 5.11 Å². The number of aliphatic hydroxyl groups excluding tert-OH is 1. The van der Waals surface area contributed by atoms with Gasteiger partial charge in [0.15, 0.2) is 0 Å².